The monoisotopic (exact) mass is 720 g/mol. The molecule has 0 bridgehead atoms. The molecule has 2 aliphatic heterocycles. The Morgan fingerprint density at radius 1 is 0.345 bits per heavy atom. The van der Waals surface area contributed by atoms with Crippen molar-refractivity contribution in [2.45, 2.75) is 105 Å². The molecule has 0 spiro atoms. The maximum absolute atomic E-state index is 2.56. The molecule has 0 atom stereocenters. The third-order valence-corrected chi connectivity index (χ3v) is 11.9. The van der Waals surface area contributed by atoms with Crippen molar-refractivity contribution in [3.8, 4) is 11.1 Å². The van der Waals surface area contributed by atoms with Crippen LogP contribution in [0.15, 0.2) is 127 Å². The lowest BCUT2D eigenvalue weighted by molar-refractivity contribution is 0.590. The minimum Gasteiger partial charge on any atom is -0.311 e. The van der Waals surface area contributed by atoms with Crippen LogP contribution >= 0.6 is 0 Å². The Morgan fingerprint density at radius 3 is 1.07 bits per heavy atom. The van der Waals surface area contributed by atoms with Crippen molar-refractivity contribution in [1.82, 2.24) is 0 Å². The first-order valence-electron chi connectivity index (χ1n) is 20.1. The Morgan fingerprint density at radius 2 is 0.709 bits per heavy atom. The van der Waals surface area contributed by atoms with Crippen LogP contribution in [0.25, 0.3) is 11.1 Å². The third kappa shape index (κ3) is 6.50. The summed E-state index contributed by atoms with van der Waals surface area (Å²) in [7, 11) is 0. The number of fused-ring (bicyclic) bond motifs is 4. The van der Waals surface area contributed by atoms with E-state index in [1.54, 1.807) is 0 Å². The highest BCUT2D eigenvalue weighted by Crippen LogP contribution is 2.47. The maximum Gasteiger partial charge on any atom is 0.252 e. The second-order valence-corrected chi connectivity index (χ2v) is 20.0. The molecule has 6 aromatic rings. The third-order valence-electron chi connectivity index (χ3n) is 11.9. The Bertz CT molecular complexity index is 2250. The topological polar surface area (TPSA) is 6.48 Å². The molecule has 2 aliphatic rings. The highest BCUT2D eigenvalue weighted by Gasteiger charge is 2.44. The summed E-state index contributed by atoms with van der Waals surface area (Å²) in [5.41, 5.74) is 19.3. The SMILES string of the molecule is CC(C)(C)c1ccc(N2c3cc(C(C)(C)C)ccc3B3c4ccc(C(C)(C)C)cc4N(c4ccc(C(C)(C)C)cc4)c4cc(-c5ccccc5)cc2c43)cc1. The molecule has 2 heterocycles. The van der Waals surface area contributed by atoms with Crippen molar-refractivity contribution in [2.75, 3.05) is 9.80 Å². The van der Waals surface area contributed by atoms with Crippen LogP contribution in [-0.4, -0.2) is 6.71 Å². The standard InChI is InChI=1S/C52H57BN2/c1-49(2,3)36-18-24-40(25-19-36)54-44-32-38(51(7,8)9)22-28-42(44)53-43-29-23-39(52(10,11)12)33-45(43)55(41-26-20-37(21-27-41)50(4,5)6)47-31-35(30-46(54)48(47)53)34-16-14-13-15-17-34/h13-33H,1-12H3. The van der Waals surface area contributed by atoms with E-state index in [-0.39, 0.29) is 28.4 Å². The zero-order valence-corrected chi connectivity index (χ0v) is 35.1. The molecule has 0 saturated heterocycles. The average molecular weight is 721 g/mol. The van der Waals surface area contributed by atoms with Crippen LogP contribution in [0.2, 0.25) is 0 Å². The van der Waals surface area contributed by atoms with Gasteiger partial charge in [-0.3, -0.25) is 0 Å². The highest BCUT2D eigenvalue weighted by atomic mass is 15.2. The number of benzene rings is 6. The van der Waals surface area contributed by atoms with Crippen molar-refractivity contribution in [3.05, 3.63) is 150 Å². The molecular weight excluding hydrogens is 663 g/mol. The van der Waals surface area contributed by atoms with Gasteiger partial charge in [0.2, 0.25) is 0 Å². The molecular formula is C52H57BN2. The molecule has 0 unspecified atom stereocenters. The van der Waals surface area contributed by atoms with Crippen molar-refractivity contribution in [3.63, 3.8) is 0 Å². The Kier molecular flexibility index (Phi) is 8.58. The zero-order valence-electron chi connectivity index (χ0n) is 35.1. The molecule has 3 heteroatoms. The first kappa shape index (κ1) is 36.9. The predicted octanol–water partition coefficient (Wildman–Crippen LogP) is 12.6. The number of hydrogen-bond acceptors (Lipinski definition) is 2. The van der Waals surface area contributed by atoms with Gasteiger partial charge in [0.25, 0.3) is 6.71 Å². The molecule has 0 aromatic heterocycles. The maximum atomic E-state index is 2.56. The molecule has 0 N–H and O–H groups in total. The van der Waals surface area contributed by atoms with E-state index in [9.17, 15) is 0 Å². The van der Waals surface area contributed by atoms with E-state index >= 15 is 0 Å². The van der Waals surface area contributed by atoms with Gasteiger partial charge in [0.1, 0.15) is 0 Å². The lowest BCUT2D eigenvalue weighted by atomic mass is 9.33. The van der Waals surface area contributed by atoms with Crippen LogP contribution in [0.5, 0.6) is 0 Å². The van der Waals surface area contributed by atoms with Crippen molar-refractivity contribution in [1.29, 1.82) is 0 Å². The van der Waals surface area contributed by atoms with Crippen LogP contribution in [0, 0.1) is 0 Å². The summed E-state index contributed by atoms with van der Waals surface area (Å²) in [6.07, 6.45) is 0. The molecule has 278 valence electrons. The number of hydrogen-bond donors (Lipinski definition) is 0. The van der Waals surface area contributed by atoms with E-state index in [4.69, 9.17) is 0 Å². The summed E-state index contributed by atoms with van der Waals surface area (Å²) in [4.78, 5) is 5.13. The molecule has 0 radical (unpaired) electrons. The van der Waals surface area contributed by atoms with Gasteiger partial charge < -0.3 is 9.80 Å². The highest BCUT2D eigenvalue weighted by molar-refractivity contribution is 7.00. The fourth-order valence-electron chi connectivity index (χ4n) is 8.50. The largest absolute Gasteiger partial charge is 0.311 e. The van der Waals surface area contributed by atoms with Crippen molar-refractivity contribution >= 4 is 57.2 Å². The normalized spacial score (nSPS) is 14.1. The van der Waals surface area contributed by atoms with Gasteiger partial charge in [-0.25, -0.2) is 0 Å². The fourth-order valence-corrected chi connectivity index (χ4v) is 8.50. The molecule has 8 rings (SSSR count). The summed E-state index contributed by atoms with van der Waals surface area (Å²) < 4.78 is 0. The molecule has 6 aromatic carbocycles. The Hall–Kier alpha value is -5.02. The smallest absolute Gasteiger partial charge is 0.252 e. The minimum absolute atomic E-state index is 0.00375. The Labute approximate surface area is 331 Å². The van der Waals surface area contributed by atoms with Gasteiger partial charge in [0.15, 0.2) is 0 Å². The quantitative estimate of drug-likeness (QED) is 0.168. The number of anilines is 6. The van der Waals surface area contributed by atoms with Crippen LogP contribution in [0.1, 0.15) is 105 Å². The average Bonchev–Trinajstić information content (AvgIpc) is 3.13. The van der Waals surface area contributed by atoms with Gasteiger partial charge in [-0.2, -0.15) is 0 Å². The zero-order chi connectivity index (χ0) is 39.2. The second kappa shape index (κ2) is 12.8. The van der Waals surface area contributed by atoms with Crippen LogP contribution < -0.4 is 26.2 Å². The molecule has 0 fully saturated rings. The summed E-state index contributed by atoms with van der Waals surface area (Å²) in [6, 6.07) is 49.1. The molecule has 0 aliphatic carbocycles. The van der Waals surface area contributed by atoms with Gasteiger partial charge in [-0.1, -0.05) is 162 Å². The van der Waals surface area contributed by atoms with Gasteiger partial charge in [0, 0.05) is 34.1 Å². The van der Waals surface area contributed by atoms with E-state index < -0.39 is 0 Å². The van der Waals surface area contributed by atoms with E-state index in [1.165, 1.54) is 83.9 Å². The summed E-state index contributed by atoms with van der Waals surface area (Å²) in [5.74, 6) is 0. The van der Waals surface area contributed by atoms with Crippen LogP contribution in [0.4, 0.5) is 34.1 Å². The lowest BCUT2D eigenvalue weighted by Gasteiger charge is -2.45. The van der Waals surface area contributed by atoms with Gasteiger partial charge >= 0.3 is 0 Å². The molecule has 55 heavy (non-hydrogen) atoms. The molecule has 0 amide bonds. The first-order chi connectivity index (χ1) is 25.8. The number of nitrogens with zero attached hydrogens (tertiary/aromatic N) is 2. The van der Waals surface area contributed by atoms with Crippen LogP contribution in [-0.2, 0) is 21.7 Å². The lowest BCUT2D eigenvalue weighted by Crippen LogP contribution is -2.61. The molecule has 0 saturated carbocycles. The van der Waals surface area contributed by atoms with Gasteiger partial charge in [-0.15, -0.1) is 0 Å². The molecule has 2 nitrogen and oxygen atoms in total. The Balaban J connectivity index is 1.49. The first-order valence-corrected chi connectivity index (χ1v) is 20.1. The second-order valence-electron chi connectivity index (χ2n) is 20.0. The summed E-state index contributed by atoms with van der Waals surface area (Å²) in [5, 5.41) is 0. The van der Waals surface area contributed by atoms with Gasteiger partial charge in [0.05, 0.1) is 0 Å². The van der Waals surface area contributed by atoms with Gasteiger partial charge in [-0.05, 0) is 120 Å². The van der Waals surface area contributed by atoms with Crippen molar-refractivity contribution in [2.24, 2.45) is 0 Å². The van der Waals surface area contributed by atoms with E-state index in [0.29, 0.717) is 0 Å². The van der Waals surface area contributed by atoms with Crippen molar-refractivity contribution < 1.29 is 0 Å². The van der Waals surface area contributed by atoms with E-state index in [1.807, 2.05) is 0 Å². The fraction of sp³-hybridized carbons (Fsp3) is 0.308. The number of rotatable bonds is 3. The van der Waals surface area contributed by atoms with E-state index in [2.05, 4.69) is 220 Å². The van der Waals surface area contributed by atoms with Crippen LogP contribution in [0.3, 0.4) is 0 Å². The minimum atomic E-state index is -0.00375. The summed E-state index contributed by atoms with van der Waals surface area (Å²) >= 11 is 0. The van der Waals surface area contributed by atoms with E-state index in [0.717, 1.165) is 0 Å². The predicted molar refractivity (Wildman–Crippen MR) is 241 cm³/mol. The summed E-state index contributed by atoms with van der Waals surface area (Å²) in [6.45, 7) is 27.8.